The van der Waals surface area contributed by atoms with Crippen molar-refractivity contribution in [1.82, 2.24) is 15.3 Å². The summed E-state index contributed by atoms with van der Waals surface area (Å²) in [7, 11) is 0. The van der Waals surface area contributed by atoms with Gasteiger partial charge in [0.1, 0.15) is 5.82 Å². The van der Waals surface area contributed by atoms with E-state index in [1.54, 1.807) is 18.5 Å². The Morgan fingerprint density at radius 2 is 1.92 bits per heavy atom. The lowest BCUT2D eigenvalue weighted by Gasteiger charge is -2.16. The van der Waals surface area contributed by atoms with Gasteiger partial charge in [0.2, 0.25) is 0 Å². The fourth-order valence-electron chi connectivity index (χ4n) is 3.00. The minimum atomic E-state index is -0.268. The van der Waals surface area contributed by atoms with Crippen molar-refractivity contribution in [3.05, 3.63) is 78.5 Å². The Labute approximate surface area is 151 Å². The second kappa shape index (κ2) is 7.45. The lowest BCUT2D eigenvalue weighted by Crippen LogP contribution is -2.22. The molecule has 0 saturated carbocycles. The number of nitrogens with zero attached hydrogens (tertiary/aromatic N) is 2. The van der Waals surface area contributed by atoms with Crippen LogP contribution >= 0.6 is 0 Å². The van der Waals surface area contributed by atoms with Crippen LogP contribution in [0, 0.1) is 5.82 Å². The Kier molecular flexibility index (Phi) is 4.71. The van der Waals surface area contributed by atoms with Gasteiger partial charge in [0.15, 0.2) is 0 Å². The van der Waals surface area contributed by atoms with Crippen molar-refractivity contribution in [2.75, 3.05) is 18.4 Å². The van der Waals surface area contributed by atoms with Crippen molar-refractivity contribution < 1.29 is 4.39 Å². The van der Waals surface area contributed by atoms with E-state index in [-0.39, 0.29) is 5.82 Å². The molecule has 0 atom stereocenters. The van der Waals surface area contributed by atoms with E-state index < -0.39 is 0 Å². The van der Waals surface area contributed by atoms with Gasteiger partial charge in [-0.05, 0) is 61.0 Å². The lowest BCUT2D eigenvalue weighted by atomic mass is 10.1. The molecular weight excluding hydrogens is 327 g/mol. The van der Waals surface area contributed by atoms with Gasteiger partial charge in [-0.25, -0.2) is 9.37 Å². The Balaban J connectivity index is 1.76. The number of benzene rings is 1. The summed E-state index contributed by atoms with van der Waals surface area (Å²) in [4.78, 5) is 9.02. The third kappa shape index (κ3) is 3.78. The van der Waals surface area contributed by atoms with Gasteiger partial charge in [0.25, 0.3) is 0 Å². The van der Waals surface area contributed by atoms with E-state index in [4.69, 9.17) is 4.98 Å². The van der Waals surface area contributed by atoms with E-state index >= 15 is 0 Å². The van der Waals surface area contributed by atoms with E-state index in [0.717, 1.165) is 42.1 Å². The first-order chi connectivity index (χ1) is 12.8. The van der Waals surface area contributed by atoms with Crippen molar-refractivity contribution in [3.63, 3.8) is 0 Å². The summed E-state index contributed by atoms with van der Waals surface area (Å²) < 4.78 is 13.5. The van der Waals surface area contributed by atoms with Gasteiger partial charge in [-0.15, -0.1) is 0 Å². The van der Waals surface area contributed by atoms with Gasteiger partial charge in [-0.2, -0.15) is 0 Å². The third-order valence-electron chi connectivity index (χ3n) is 4.25. The molecule has 26 heavy (non-hydrogen) atoms. The molecule has 0 amide bonds. The molecule has 0 fully saturated rings. The Morgan fingerprint density at radius 3 is 2.69 bits per heavy atom. The number of anilines is 2. The minimum absolute atomic E-state index is 0.268. The Morgan fingerprint density at radius 1 is 1.00 bits per heavy atom. The average molecular weight is 346 g/mol. The number of aromatic nitrogens is 2. The maximum atomic E-state index is 13.5. The predicted octanol–water partition coefficient (Wildman–Crippen LogP) is 4.40. The highest BCUT2D eigenvalue weighted by Crippen LogP contribution is 2.27. The summed E-state index contributed by atoms with van der Waals surface area (Å²) >= 11 is 0. The van der Waals surface area contributed by atoms with E-state index in [0.29, 0.717) is 5.69 Å². The summed E-state index contributed by atoms with van der Waals surface area (Å²) in [5, 5.41) is 6.66. The third-order valence-corrected chi connectivity index (χ3v) is 4.25. The molecule has 0 radical (unpaired) electrons. The molecule has 1 aliphatic rings. The van der Waals surface area contributed by atoms with Crippen LogP contribution in [0.5, 0.6) is 0 Å². The highest BCUT2D eigenvalue weighted by Gasteiger charge is 2.11. The molecule has 0 aliphatic carbocycles. The smallest absolute Gasteiger partial charge is 0.125 e. The van der Waals surface area contributed by atoms with Gasteiger partial charge >= 0.3 is 0 Å². The topological polar surface area (TPSA) is 49.8 Å². The Hall–Kier alpha value is -3.05. The number of hydrogen-bond acceptors (Lipinski definition) is 4. The van der Waals surface area contributed by atoms with Crippen molar-refractivity contribution in [2.45, 2.75) is 6.42 Å². The highest BCUT2D eigenvalue weighted by molar-refractivity contribution is 5.74. The monoisotopic (exact) mass is 346 g/mol. The second-order valence-corrected chi connectivity index (χ2v) is 6.20. The van der Waals surface area contributed by atoms with Gasteiger partial charge in [0, 0.05) is 35.9 Å². The summed E-state index contributed by atoms with van der Waals surface area (Å²) in [6.45, 7) is 1.78. The maximum Gasteiger partial charge on any atom is 0.125 e. The van der Waals surface area contributed by atoms with Crippen LogP contribution in [0.1, 0.15) is 12.1 Å². The van der Waals surface area contributed by atoms with E-state index in [1.165, 1.54) is 17.7 Å². The molecule has 1 aliphatic heterocycles. The number of rotatable bonds is 4. The zero-order valence-corrected chi connectivity index (χ0v) is 14.2. The number of nitrogens with one attached hydrogen (secondary N) is 2. The maximum absolute atomic E-state index is 13.5. The van der Waals surface area contributed by atoms with Crippen LogP contribution in [0.3, 0.4) is 0 Å². The number of hydrogen-bond donors (Lipinski definition) is 2. The first-order valence-corrected chi connectivity index (χ1v) is 8.63. The van der Waals surface area contributed by atoms with Crippen molar-refractivity contribution in [3.8, 4) is 11.3 Å². The van der Waals surface area contributed by atoms with E-state index in [2.05, 4.69) is 21.7 Å². The molecule has 2 N–H and O–H groups in total. The van der Waals surface area contributed by atoms with Crippen LogP contribution in [-0.4, -0.2) is 23.1 Å². The zero-order chi connectivity index (χ0) is 17.8. The second-order valence-electron chi connectivity index (χ2n) is 6.20. The predicted molar refractivity (Wildman–Crippen MR) is 103 cm³/mol. The largest absolute Gasteiger partial charge is 0.355 e. The SMILES string of the molecule is Fc1cccc(Nc2cc(C3=CCCNC3)nc(-c3cccnc3)c2)c1. The van der Waals surface area contributed by atoms with E-state index in [9.17, 15) is 4.39 Å². The quantitative estimate of drug-likeness (QED) is 0.735. The van der Waals surface area contributed by atoms with Crippen LogP contribution < -0.4 is 10.6 Å². The van der Waals surface area contributed by atoms with Crippen LogP contribution in [0.4, 0.5) is 15.8 Å². The van der Waals surface area contributed by atoms with Crippen molar-refractivity contribution in [1.29, 1.82) is 0 Å². The van der Waals surface area contributed by atoms with Crippen LogP contribution in [0.25, 0.3) is 16.8 Å². The molecule has 4 nitrogen and oxygen atoms in total. The fourth-order valence-corrected chi connectivity index (χ4v) is 3.00. The molecule has 0 saturated heterocycles. The van der Waals surface area contributed by atoms with Crippen molar-refractivity contribution >= 4 is 16.9 Å². The highest BCUT2D eigenvalue weighted by atomic mass is 19.1. The summed E-state index contributed by atoms with van der Waals surface area (Å²) in [6.07, 6.45) is 6.75. The molecule has 3 heterocycles. The molecule has 5 heteroatoms. The summed E-state index contributed by atoms with van der Waals surface area (Å²) in [6, 6.07) is 14.3. The normalized spacial score (nSPS) is 14.0. The van der Waals surface area contributed by atoms with Crippen molar-refractivity contribution in [2.24, 2.45) is 0 Å². The van der Waals surface area contributed by atoms with E-state index in [1.807, 2.05) is 30.3 Å². The molecule has 2 aromatic heterocycles. The molecule has 0 unspecified atom stereocenters. The molecule has 130 valence electrons. The first-order valence-electron chi connectivity index (χ1n) is 8.63. The lowest BCUT2D eigenvalue weighted by molar-refractivity contribution is 0.628. The van der Waals surface area contributed by atoms with Crippen LogP contribution in [-0.2, 0) is 0 Å². The average Bonchev–Trinajstić information content (AvgIpc) is 2.69. The van der Waals surface area contributed by atoms with Crippen LogP contribution in [0.2, 0.25) is 0 Å². The molecular formula is C21H19FN4. The fraction of sp³-hybridized carbons (Fsp3) is 0.143. The number of halogens is 1. The van der Waals surface area contributed by atoms with Gasteiger partial charge < -0.3 is 10.6 Å². The van der Waals surface area contributed by atoms with Gasteiger partial charge in [-0.1, -0.05) is 12.1 Å². The summed E-state index contributed by atoms with van der Waals surface area (Å²) in [5.41, 5.74) is 5.43. The standard InChI is InChI=1S/C21H19FN4/c22-17-6-1-7-18(10-17)25-19-11-20(15-4-2-8-23-13-15)26-21(12-19)16-5-3-9-24-14-16/h1-2,4-8,10-13,24H,3,9,14H2,(H,25,26). The molecule has 1 aromatic carbocycles. The Bertz CT molecular complexity index is 938. The van der Waals surface area contributed by atoms with Gasteiger partial charge in [-0.3, -0.25) is 4.98 Å². The molecule has 0 spiro atoms. The van der Waals surface area contributed by atoms with Crippen LogP contribution in [0.15, 0.2) is 67.0 Å². The molecule has 0 bridgehead atoms. The molecule has 3 aromatic rings. The number of pyridine rings is 2. The zero-order valence-electron chi connectivity index (χ0n) is 14.2. The van der Waals surface area contributed by atoms with Gasteiger partial charge in [0.05, 0.1) is 11.4 Å². The summed E-state index contributed by atoms with van der Waals surface area (Å²) in [5.74, 6) is -0.268. The molecule has 4 rings (SSSR count). The first kappa shape index (κ1) is 16.4. The minimum Gasteiger partial charge on any atom is -0.355 e.